The summed E-state index contributed by atoms with van der Waals surface area (Å²) in [5, 5.41) is 4.49. The molecule has 0 radical (unpaired) electrons. The summed E-state index contributed by atoms with van der Waals surface area (Å²) in [7, 11) is 3.09. The van der Waals surface area contributed by atoms with Crippen LogP contribution in [-0.4, -0.2) is 22.9 Å². The average Bonchev–Trinajstić information content (AvgIpc) is 2.66. The van der Waals surface area contributed by atoms with E-state index in [0.29, 0.717) is 17.1 Å². The molecular formula is C14H16ClN3O3. The molecule has 1 heterocycles. The molecule has 2 N–H and O–H groups in total. The summed E-state index contributed by atoms with van der Waals surface area (Å²) in [5.41, 5.74) is 7.75. The minimum atomic E-state index is -0.571. The van der Waals surface area contributed by atoms with Crippen LogP contribution < -0.4 is 10.5 Å². The summed E-state index contributed by atoms with van der Waals surface area (Å²) in [6.45, 7) is 3.67. The van der Waals surface area contributed by atoms with E-state index in [1.54, 1.807) is 11.7 Å². The van der Waals surface area contributed by atoms with E-state index in [1.165, 1.54) is 19.2 Å². The van der Waals surface area contributed by atoms with Gasteiger partial charge >= 0.3 is 5.97 Å². The van der Waals surface area contributed by atoms with Gasteiger partial charge in [0.25, 0.3) is 0 Å². The zero-order chi connectivity index (χ0) is 15.7. The van der Waals surface area contributed by atoms with Crippen LogP contribution in [0.1, 0.15) is 21.7 Å². The number of halogens is 1. The molecule has 0 atom stereocenters. The molecule has 2 rings (SSSR count). The van der Waals surface area contributed by atoms with Gasteiger partial charge in [0.15, 0.2) is 11.5 Å². The number of hydrogen-bond donors (Lipinski definition) is 1. The van der Waals surface area contributed by atoms with E-state index >= 15 is 0 Å². The van der Waals surface area contributed by atoms with Gasteiger partial charge in [-0.25, -0.2) is 4.79 Å². The third kappa shape index (κ3) is 2.80. The van der Waals surface area contributed by atoms with Gasteiger partial charge < -0.3 is 15.2 Å². The second kappa shape index (κ2) is 5.65. The molecule has 1 aromatic heterocycles. The number of nitrogens with two attached hydrogens (primary N) is 1. The van der Waals surface area contributed by atoms with Gasteiger partial charge in [-0.2, -0.15) is 5.10 Å². The van der Waals surface area contributed by atoms with Crippen molar-refractivity contribution in [2.45, 2.75) is 13.8 Å². The number of anilines is 1. The van der Waals surface area contributed by atoms with Crippen LogP contribution >= 0.6 is 11.6 Å². The Balaban J connectivity index is 2.55. The van der Waals surface area contributed by atoms with Gasteiger partial charge in [0.2, 0.25) is 0 Å². The number of carbonyl (C=O) groups excluding carboxylic acids is 1. The molecule has 0 amide bonds. The van der Waals surface area contributed by atoms with Crippen molar-refractivity contribution in [2.24, 2.45) is 7.05 Å². The van der Waals surface area contributed by atoms with Crippen LogP contribution in [0.3, 0.4) is 0 Å². The Kier molecular flexibility index (Phi) is 4.09. The first kappa shape index (κ1) is 15.2. The minimum Gasteiger partial charge on any atom is -0.465 e. The Morgan fingerprint density at radius 1 is 1.33 bits per heavy atom. The van der Waals surface area contributed by atoms with Crippen LogP contribution in [-0.2, 0) is 11.8 Å². The van der Waals surface area contributed by atoms with Crippen molar-refractivity contribution in [3.8, 4) is 11.5 Å². The predicted octanol–water partition coefficient (Wildman–Crippen LogP) is 2.85. The van der Waals surface area contributed by atoms with Crippen LogP contribution in [0, 0.1) is 13.8 Å². The highest BCUT2D eigenvalue weighted by Gasteiger charge is 2.21. The molecule has 0 saturated carbocycles. The Hall–Kier alpha value is -2.21. The van der Waals surface area contributed by atoms with Gasteiger partial charge in [-0.05, 0) is 26.0 Å². The van der Waals surface area contributed by atoms with E-state index in [0.717, 1.165) is 5.69 Å². The van der Waals surface area contributed by atoms with Crippen molar-refractivity contribution in [3.05, 3.63) is 34.1 Å². The van der Waals surface area contributed by atoms with E-state index < -0.39 is 5.97 Å². The number of aryl methyl sites for hydroxylation is 2. The lowest BCUT2D eigenvalue weighted by Crippen LogP contribution is -2.06. The van der Waals surface area contributed by atoms with Gasteiger partial charge in [0, 0.05) is 12.7 Å². The molecule has 112 valence electrons. The summed E-state index contributed by atoms with van der Waals surface area (Å²) < 4.78 is 12.3. The van der Waals surface area contributed by atoms with E-state index in [9.17, 15) is 4.79 Å². The molecule has 7 heteroatoms. The standard InChI is InChI=1S/C14H16ClN3O3/c1-7-12(8(2)18(3)17-7)21-13-10(14(19)20-4)5-9(16)6-11(13)15/h5-6H,16H2,1-4H3. The number of ether oxygens (including phenoxy) is 2. The lowest BCUT2D eigenvalue weighted by Gasteiger charge is -2.13. The number of methoxy groups -OCH3 is 1. The molecule has 2 aromatic rings. The third-order valence-corrected chi connectivity index (χ3v) is 3.40. The van der Waals surface area contributed by atoms with E-state index in [4.69, 9.17) is 26.8 Å². The van der Waals surface area contributed by atoms with Crippen LogP contribution in [0.15, 0.2) is 12.1 Å². The summed E-state index contributed by atoms with van der Waals surface area (Å²) in [6, 6.07) is 2.98. The van der Waals surface area contributed by atoms with Crippen molar-refractivity contribution in [1.29, 1.82) is 0 Å². The van der Waals surface area contributed by atoms with Crippen molar-refractivity contribution >= 4 is 23.3 Å². The molecule has 6 nitrogen and oxygen atoms in total. The predicted molar refractivity (Wildman–Crippen MR) is 80.0 cm³/mol. The second-order valence-corrected chi connectivity index (χ2v) is 5.00. The van der Waals surface area contributed by atoms with Crippen molar-refractivity contribution in [3.63, 3.8) is 0 Å². The Morgan fingerprint density at radius 2 is 2.00 bits per heavy atom. The average molecular weight is 310 g/mol. The molecule has 0 bridgehead atoms. The van der Waals surface area contributed by atoms with Gasteiger partial charge in [-0.1, -0.05) is 11.6 Å². The molecule has 0 unspecified atom stereocenters. The van der Waals surface area contributed by atoms with E-state index in [-0.39, 0.29) is 16.3 Å². The molecule has 0 aliphatic rings. The fourth-order valence-corrected chi connectivity index (χ4v) is 2.25. The maximum atomic E-state index is 11.9. The van der Waals surface area contributed by atoms with Gasteiger partial charge in [-0.3, -0.25) is 4.68 Å². The highest BCUT2D eigenvalue weighted by atomic mass is 35.5. The lowest BCUT2D eigenvalue weighted by atomic mass is 10.1. The molecule has 0 fully saturated rings. The van der Waals surface area contributed by atoms with Crippen molar-refractivity contribution in [2.75, 3.05) is 12.8 Å². The topological polar surface area (TPSA) is 79.4 Å². The minimum absolute atomic E-state index is 0.171. The summed E-state index contributed by atoms with van der Waals surface area (Å²) in [6.07, 6.45) is 0. The quantitative estimate of drug-likeness (QED) is 0.696. The SMILES string of the molecule is COC(=O)c1cc(N)cc(Cl)c1Oc1c(C)nn(C)c1C. The molecule has 0 aliphatic heterocycles. The second-order valence-electron chi connectivity index (χ2n) is 4.60. The maximum Gasteiger partial charge on any atom is 0.341 e. The first-order valence-electron chi connectivity index (χ1n) is 6.20. The van der Waals surface area contributed by atoms with Gasteiger partial charge in [-0.15, -0.1) is 0 Å². The van der Waals surface area contributed by atoms with Crippen LogP contribution in [0.4, 0.5) is 5.69 Å². The molecule has 21 heavy (non-hydrogen) atoms. The smallest absolute Gasteiger partial charge is 0.341 e. The first-order chi connectivity index (χ1) is 9.85. The highest BCUT2D eigenvalue weighted by Crippen LogP contribution is 2.37. The third-order valence-electron chi connectivity index (χ3n) is 3.12. The molecular weight excluding hydrogens is 294 g/mol. The van der Waals surface area contributed by atoms with E-state index in [1.807, 2.05) is 13.8 Å². The largest absolute Gasteiger partial charge is 0.465 e. The van der Waals surface area contributed by atoms with Crippen molar-refractivity contribution < 1.29 is 14.3 Å². The highest BCUT2D eigenvalue weighted by molar-refractivity contribution is 6.33. The van der Waals surface area contributed by atoms with Gasteiger partial charge in [0.1, 0.15) is 11.3 Å². The fraction of sp³-hybridized carbons (Fsp3) is 0.286. The van der Waals surface area contributed by atoms with Crippen LogP contribution in [0.25, 0.3) is 0 Å². The Labute approximate surface area is 127 Å². The maximum absolute atomic E-state index is 11.9. The van der Waals surface area contributed by atoms with Gasteiger partial charge in [0.05, 0.1) is 17.8 Å². The number of hydrogen-bond acceptors (Lipinski definition) is 5. The number of carbonyl (C=O) groups is 1. The number of benzene rings is 1. The number of rotatable bonds is 3. The molecule has 0 aliphatic carbocycles. The van der Waals surface area contributed by atoms with Crippen molar-refractivity contribution in [1.82, 2.24) is 9.78 Å². The summed E-state index contributed by atoms with van der Waals surface area (Å²) in [5.74, 6) is 0.185. The number of nitrogens with zero attached hydrogens (tertiary/aromatic N) is 2. The number of esters is 1. The van der Waals surface area contributed by atoms with Crippen LogP contribution in [0.2, 0.25) is 5.02 Å². The monoisotopic (exact) mass is 309 g/mol. The number of nitrogen functional groups attached to an aromatic ring is 1. The molecule has 0 spiro atoms. The Bertz CT molecular complexity index is 710. The first-order valence-corrected chi connectivity index (χ1v) is 6.58. The fourth-order valence-electron chi connectivity index (χ4n) is 1.98. The Morgan fingerprint density at radius 3 is 2.52 bits per heavy atom. The summed E-state index contributed by atoms with van der Waals surface area (Å²) >= 11 is 6.16. The zero-order valence-electron chi connectivity index (χ0n) is 12.2. The van der Waals surface area contributed by atoms with E-state index in [2.05, 4.69) is 5.10 Å². The zero-order valence-corrected chi connectivity index (χ0v) is 13.0. The molecule has 0 saturated heterocycles. The number of aromatic nitrogens is 2. The summed E-state index contributed by atoms with van der Waals surface area (Å²) in [4.78, 5) is 11.9. The molecule has 1 aromatic carbocycles. The van der Waals surface area contributed by atoms with Crippen LogP contribution in [0.5, 0.6) is 11.5 Å². The lowest BCUT2D eigenvalue weighted by molar-refractivity contribution is 0.0598. The normalized spacial score (nSPS) is 10.5.